The quantitative estimate of drug-likeness (QED) is 0.385. The Morgan fingerprint density at radius 3 is 2.40 bits per heavy atom. The average molecular weight is 350 g/mol. The Labute approximate surface area is 152 Å². The van der Waals surface area contributed by atoms with Crippen LogP contribution in [0.4, 0.5) is 0 Å². The van der Waals surface area contributed by atoms with Gasteiger partial charge < -0.3 is 15.2 Å². The van der Waals surface area contributed by atoms with Crippen LogP contribution in [-0.2, 0) is 6.54 Å². The molecule has 1 aromatic heterocycles. The first-order valence-corrected chi connectivity index (χ1v) is 9.31. The molecule has 6 heteroatoms. The van der Waals surface area contributed by atoms with E-state index in [0.29, 0.717) is 12.1 Å². The summed E-state index contributed by atoms with van der Waals surface area (Å²) in [6.45, 7) is 12.4. The fourth-order valence-corrected chi connectivity index (χ4v) is 2.90. The molecule has 0 radical (unpaired) electrons. The lowest BCUT2D eigenvalue weighted by Gasteiger charge is -2.30. The highest BCUT2D eigenvalue weighted by molar-refractivity contribution is 5.79. The highest BCUT2D eigenvalue weighted by Crippen LogP contribution is 2.03. The van der Waals surface area contributed by atoms with Gasteiger partial charge in [0.05, 0.1) is 0 Å². The molecule has 1 aromatic rings. The smallest absolute Gasteiger partial charge is 0.250 e. The zero-order valence-corrected chi connectivity index (χ0v) is 16.5. The van der Waals surface area contributed by atoms with Gasteiger partial charge in [-0.15, -0.1) is 0 Å². The first kappa shape index (κ1) is 21.2. The molecular formula is C19H35N5O. The van der Waals surface area contributed by atoms with E-state index in [4.69, 9.17) is 0 Å². The summed E-state index contributed by atoms with van der Waals surface area (Å²) in [7, 11) is 1.79. The number of hydrogen-bond donors (Lipinski definition) is 2. The van der Waals surface area contributed by atoms with Crippen LogP contribution in [0.5, 0.6) is 0 Å². The second kappa shape index (κ2) is 11.7. The van der Waals surface area contributed by atoms with E-state index in [2.05, 4.69) is 48.2 Å². The van der Waals surface area contributed by atoms with Crippen LogP contribution in [0.15, 0.2) is 34.2 Å². The monoisotopic (exact) mass is 349 g/mol. The number of unbranched alkanes of at least 4 members (excludes halogenated alkanes) is 1. The number of pyridine rings is 1. The van der Waals surface area contributed by atoms with Gasteiger partial charge in [0.2, 0.25) is 5.56 Å². The fourth-order valence-electron chi connectivity index (χ4n) is 2.90. The van der Waals surface area contributed by atoms with Gasteiger partial charge in [0.25, 0.3) is 0 Å². The van der Waals surface area contributed by atoms with Crippen LogP contribution in [-0.4, -0.2) is 54.2 Å². The molecule has 0 amide bonds. The predicted octanol–water partition coefficient (Wildman–Crippen LogP) is 1.91. The largest absolute Gasteiger partial charge is 0.356 e. The molecule has 6 nitrogen and oxygen atoms in total. The minimum Gasteiger partial charge on any atom is -0.356 e. The maximum absolute atomic E-state index is 11.6. The van der Waals surface area contributed by atoms with E-state index in [1.807, 2.05) is 12.3 Å². The van der Waals surface area contributed by atoms with E-state index in [1.54, 1.807) is 23.7 Å². The van der Waals surface area contributed by atoms with Gasteiger partial charge in [-0.1, -0.05) is 6.07 Å². The Bertz CT molecular complexity index is 557. The fraction of sp³-hybridized carbons (Fsp3) is 0.684. The number of nitrogens with one attached hydrogen (secondary N) is 2. The molecule has 142 valence electrons. The number of aromatic nitrogens is 1. The zero-order chi connectivity index (χ0) is 18.7. The molecule has 1 heterocycles. The molecule has 2 N–H and O–H groups in total. The van der Waals surface area contributed by atoms with E-state index in [0.717, 1.165) is 45.0 Å². The third kappa shape index (κ3) is 8.20. The van der Waals surface area contributed by atoms with Gasteiger partial charge in [0.15, 0.2) is 5.96 Å². The molecule has 0 aromatic carbocycles. The molecule has 0 aliphatic heterocycles. The number of guanidine groups is 1. The minimum atomic E-state index is 0.0628. The third-order valence-electron chi connectivity index (χ3n) is 4.23. The lowest BCUT2D eigenvalue weighted by molar-refractivity contribution is 0.178. The Balaban J connectivity index is 2.22. The minimum absolute atomic E-state index is 0.0628. The molecular weight excluding hydrogens is 314 g/mol. The van der Waals surface area contributed by atoms with Crippen molar-refractivity contribution in [3.05, 3.63) is 34.7 Å². The summed E-state index contributed by atoms with van der Waals surface area (Å²) in [6.07, 6.45) is 3.79. The zero-order valence-electron chi connectivity index (χ0n) is 16.5. The van der Waals surface area contributed by atoms with Crippen molar-refractivity contribution in [3.8, 4) is 0 Å². The molecule has 0 saturated carbocycles. The van der Waals surface area contributed by atoms with Crippen LogP contribution in [0.2, 0.25) is 0 Å². The van der Waals surface area contributed by atoms with Gasteiger partial charge >= 0.3 is 0 Å². The molecule has 0 unspecified atom stereocenters. The normalized spacial score (nSPS) is 12.2. The summed E-state index contributed by atoms with van der Waals surface area (Å²) in [5, 5.41) is 6.70. The Morgan fingerprint density at radius 2 is 1.80 bits per heavy atom. The van der Waals surface area contributed by atoms with Crippen molar-refractivity contribution in [1.82, 2.24) is 20.1 Å². The van der Waals surface area contributed by atoms with Crippen LogP contribution in [0.25, 0.3) is 0 Å². The van der Waals surface area contributed by atoms with Crippen molar-refractivity contribution in [1.29, 1.82) is 0 Å². The molecule has 0 aliphatic carbocycles. The number of hydrogen-bond acceptors (Lipinski definition) is 3. The van der Waals surface area contributed by atoms with Crippen molar-refractivity contribution in [2.75, 3.05) is 26.7 Å². The molecule has 0 spiro atoms. The topological polar surface area (TPSA) is 61.7 Å². The Morgan fingerprint density at radius 1 is 1.12 bits per heavy atom. The van der Waals surface area contributed by atoms with E-state index < -0.39 is 0 Å². The van der Waals surface area contributed by atoms with Gasteiger partial charge in [0.1, 0.15) is 0 Å². The maximum Gasteiger partial charge on any atom is 0.250 e. The van der Waals surface area contributed by atoms with Crippen molar-refractivity contribution in [2.24, 2.45) is 4.99 Å². The second-order valence-electron chi connectivity index (χ2n) is 6.79. The summed E-state index contributed by atoms with van der Waals surface area (Å²) in [6, 6.07) is 6.34. The number of aliphatic imine (C=N–C) groups is 1. The molecule has 0 bridgehead atoms. The van der Waals surface area contributed by atoms with Crippen LogP contribution in [0.3, 0.4) is 0 Å². The predicted molar refractivity (Wildman–Crippen MR) is 106 cm³/mol. The van der Waals surface area contributed by atoms with Gasteiger partial charge in [-0.3, -0.25) is 14.7 Å². The van der Waals surface area contributed by atoms with E-state index >= 15 is 0 Å². The number of rotatable bonds is 10. The summed E-state index contributed by atoms with van der Waals surface area (Å²) in [4.78, 5) is 18.3. The average Bonchev–Trinajstić information content (AvgIpc) is 2.57. The highest BCUT2D eigenvalue weighted by Gasteiger charge is 2.12. The first-order chi connectivity index (χ1) is 12.0. The molecule has 25 heavy (non-hydrogen) atoms. The molecule has 0 saturated heterocycles. The van der Waals surface area contributed by atoms with Crippen LogP contribution in [0.1, 0.15) is 40.5 Å². The van der Waals surface area contributed by atoms with Gasteiger partial charge in [-0.05, 0) is 46.6 Å². The first-order valence-electron chi connectivity index (χ1n) is 9.31. The molecule has 1 rings (SSSR count). The summed E-state index contributed by atoms with van der Waals surface area (Å²) < 4.78 is 1.75. The van der Waals surface area contributed by atoms with E-state index in [-0.39, 0.29) is 5.56 Å². The van der Waals surface area contributed by atoms with Crippen LogP contribution < -0.4 is 16.2 Å². The van der Waals surface area contributed by atoms with Gasteiger partial charge in [-0.25, -0.2) is 0 Å². The summed E-state index contributed by atoms with van der Waals surface area (Å²) >= 11 is 0. The Hall–Kier alpha value is -1.82. The van der Waals surface area contributed by atoms with Crippen LogP contribution in [0, 0.1) is 0 Å². The van der Waals surface area contributed by atoms with E-state index in [1.165, 1.54) is 0 Å². The van der Waals surface area contributed by atoms with Crippen molar-refractivity contribution >= 4 is 5.96 Å². The third-order valence-corrected chi connectivity index (χ3v) is 4.23. The molecule has 0 aliphatic rings. The second-order valence-corrected chi connectivity index (χ2v) is 6.79. The Kier molecular flexibility index (Phi) is 9.92. The van der Waals surface area contributed by atoms with E-state index in [9.17, 15) is 4.79 Å². The van der Waals surface area contributed by atoms with Crippen molar-refractivity contribution in [3.63, 3.8) is 0 Å². The molecule has 0 fully saturated rings. The standard InChI is InChI=1S/C19H35N5O/c1-16(2)24(17(3)4)15-12-22-19(20-5)21-11-7-9-14-23-13-8-6-10-18(23)25/h6,8,10,13,16-17H,7,9,11-12,14-15H2,1-5H3,(H2,20,21,22). The highest BCUT2D eigenvalue weighted by atomic mass is 16.1. The lowest BCUT2D eigenvalue weighted by atomic mass is 10.2. The van der Waals surface area contributed by atoms with Crippen molar-refractivity contribution in [2.45, 2.75) is 59.2 Å². The molecule has 0 atom stereocenters. The van der Waals surface area contributed by atoms with Gasteiger partial charge in [-0.2, -0.15) is 0 Å². The van der Waals surface area contributed by atoms with Gasteiger partial charge in [0, 0.05) is 57.6 Å². The summed E-state index contributed by atoms with van der Waals surface area (Å²) in [5.74, 6) is 0.837. The maximum atomic E-state index is 11.6. The number of aryl methyl sites for hydroxylation is 1. The summed E-state index contributed by atoms with van der Waals surface area (Å²) in [5.41, 5.74) is 0.0628. The number of nitrogens with zero attached hydrogens (tertiary/aromatic N) is 3. The van der Waals surface area contributed by atoms with Crippen LogP contribution >= 0.6 is 0 Å². The lowest BCUT2D eigenvalue weighted by Crippen LogP contribution is -2.45. The van der Waals surface area contributed by atoms with Crippen molar-refractivity contribution < 1.29 is 0 Å². The SMILES string of the molecule is CN=C(NCCCCn1ccccc1=O)NCCN(C(C)C)C(C)C.